The second kappa shape index (κ2) is 15.3. The molecule has 0 aliphatic heterocycles. The molecule has 11 rings (SSSR count). The summed E-state index contributed by atoms with van der Waals surface area (Å²) in [6.45, 7) is 23.7. The molecule has 0 aromatic heterocycles. The fourth-order valence-electron chi connectivity index (χ4n) is 11.4. The van der Waals surface area contributed by atoms with Crippen LogP contribution in [0.25, 0.3) is 53.9 Å². The Morgan fingerprint density at radius 3 is 1.67 bits per heavy atom. The van der Waals surface area contributed by atoms with Gasteiger partial charge in [-0.25, -0.2) is 0 Å². The molecule has 0 atom stereocenters. The zero-order valence-electron chi connectivity index (χ0n) is 40.7. The maximum absolute atomic E-state index is 2.63. The Kier molecular flexibility index (Phi) is 9.83. The molecule has 0 heterocycles. The molecule has 0 fully saturated rings. The fraction of sp³-hybridized carbons (Fsp3) is 0.281. The molecule has 9 aromatic rings. The van der Waals surface area contributed by atoms with Crippen molar-refractivity contribution in [3.05, 3.63) is 185 Å². The zero-order valence-corrected chi connectivity index (χ0v) is 40.7. The van der Waals surface area contributed by atoms with Crippen LogP contribution >= 0.6 is 0 Å². The average Bonchev–Trinajstić information content (AvgIpc) is 3.30. The molecular weight excluding hydrogens is 797 g/mol. The van der Waals surface area contributed by atoms with Gasteiger partial charge in [0, 0.05) is 38.9 Å². The molecule has 0 saturated carbocycles. The molecule has 0 spiro atoms. The number of hydrogen-bond acceptors (Lipinski definition) is 2. The van der Waals surface area contributed by atoms with E-state index in [-0.39, 0.29) is 16.2 Å². The van der Waals surface area contributed by atoms with Crippen molar-refractivity contribution in [3.63, 3.8) is 0 Å². The molecule has 0 unspecified atom stereocenters. The highest BCUT2D eigenvalue weighted by Crippen LogP contribution is 2.55. The standard InChI is InChI=1S/C64H64N2/c1-40(2)54-39-58(66(49-29-23-47(24-30-49)63(6,7)8)51-26-20-42-16-12-14-18-44(42)36-51)55-38-56-59-45(33-34-64(56,9)10)37-57(53-32-31-52(54)60(55)61(53)59)65(48-27-21-46(22-28-48)62(3,4)5)50-25-19-41-15-11-13-17-43(41)35-50/h11-21,23-27,29-32,35-40H,22,28,33-34H2,1-10H3. The lowest BCUT2D eigenvalue weighted by atomic mass is 9.70. The second-order valence-corrected chi connectivity index (χ2v) is 22.5. The van der Waals surface area contributed by atoms with E-state index in [0.717, 1.165) is 25.7 Å². The molecular formula is C64H64N2. The Morgan fingerprint density at radius 1 is 0.485 bits per heavy atom. The van der Waals surface area contributed by atoms with Crippen LogP contribution in [0.5, 0.6) is 0 Å². The van der Waals surface area contributed by atoms with Crippen molar-refractivity contribution in [2.45, 2.75) is 112 Å². The third kappa shape index (κ3) is 6.98. The van der Waals surface area contributed by atoms with Gasteiger partial charge in [-0.3, -0.25) is 0 Å². The predicted molar refractivity (Wildman–Crippen MR) is 287 cm³/mol. The first-order chi connectivity index (χ1) is 31.5. The van der Waals surface area contributed by atoms with Gasteiger partial charge < -0.3 is 9.80 Å². The molecule has 0 N–H and O–H groups in total. The molecule has 0 bridgehead atoms. The Hall–Kier alpha value is -6.38. The van der Waals surface area contributed by atoms with E-state index in [9.17, 15) is 0 Å². The maximum atomic E-state index is 2.63. The molecule has 330 valence electrons. The number of benzene rings is 9. The second-order valence-electron chi connectivity index (χ2n) is 22.5. The summed E-state index contributed by atoms with van der Waals surface area (Å²) in [6.07, 6.45) is 9.04. The smallest absolute Gasteiger partial charge is 0.0543 e. The molecule has 2 heteroatoms. The number of fused-ring (bicyclic) bond motifs is 2. The number of nitrogens with zero attached hydrogens (tertiary/aromatic N) is 2. The van der Waals surface area contributed by atoms with Crippen molar-refractivity contribution in [2.24, 2.45) is 5.41 Å². The Morgan fingerprint density at radius 2 is 1.08 bits per heavy atom. The van der Waals surface area contributed by atoms with Crippen LogP contribution in [0, 0.1) is 5.41 Å². The van der Waals surface area contributed by atoms with Gasteiger partial charge in [-0.15, -0.1) is 0 Å². The number of allylic oxidation sites excluding steroid dienone is 4. The average molecular weight is 861 g/mol. The summed E-state index contributed by atoms with van der Waals surface area (Å²) in [5.74, 6) is 0.308. The monoisotopic (exact) mass is 861 g/mol. The van der Waals surface area contributed by atoms with Crippen molar-refractivity contribution in [2.75, 3.05) is 9.80 Å². The fourth-order valence-corrected chi connectivity index (χ4v) is 11.4. The van der Waals surface area contributed by atoms with Gasteiger partial charge in [0.25, 0.3) is 0 Å². The molecule has 2 aliphatic rings. The van der Waals surface area contributed by atoms with Crippen LogP contribution in [0.4, 0.5) is 28.4 Å². The number of hydrogen-bond donors (Lipinski definition) is 0. The van der Waals surface area contributed by atoms with Gasteiger partial charge in [-0.1, -0.05) is 166 Å². The summed E-state index contributed by atoms with van der Waals surface area (Å²) in [7, 11) is 0. The molecule has 9 aromatic carbocycles. The van der Waals surface area contributed by atoms with Gasteiger partial charge in [0.05, 0.1) is 11.4 Å². The normalized spacial score (nSPS) is 15.3. The summed E-state index contributed by atoms with van der Waals surface area (Å²) in [5.41, 5.74) is 14.8. The Labute approximate surface area is 392 Å². The van der Waals surface area contributed by atoms with Crippen LogP contribution in [-0.2, 0) is 17.3 Å². The van der Waals surface area contributed by atoms with E-state index in [2.05, 4.69) is 231 Å². The van der Waals surface area contributed by atoms with Gasteiger partial charge in [-0.2, -0.15) is 0 Å². The maximum Gasteiger partial charge on any atom is 0.0543 e. The third-order valence-corrected chi connectivity index (χ3v) is 15.3. The molecule has 0 saturated heterocycles. The molecule has 0 radical (unpaired) electrons. The molecule has 2 aliphatic carbocycles. The summed E-state index contributed by atoms with van der Waals surface area (Å²) < 4.78 is 0. The number of aryl methyl sites for hydroxylation is 1. The summed E-state index contributed by atoms with van der Waals surface area (Å²) in [6, 6.07) is 53.8. The minimum atomic E-state index is -0.00446. The van der Waals surface area contributed by atoms with Gasteiger partial charge in [0.1, 0.15) is 0 Å². The van der Waals surface area contributed by atoms with Crippen molar-refractivity contribution in [1.29, 1.82) is 0 Å². The summed E-state index contributed by atoms with van der Waals surface area (Å²) in [4.78, 5) is 5.20. The van der Waals surface area contributed by atoms with Crippen molar-refractivity contribution >= 4 is 82.3 Å². The highest BCUT2D eigenvalue weighted by Gasteiger charge is 2.34. The van der Waals surface area contributed by atoms with E-state index in [0.29, 0.717) is 5.92 Å². The largest absolute Gasteiger partial charge is 0.314 e. The van der Waals surface area contributed by atoms with Gasteiger partial charge in [-0.05, 0) is 168 Å². The SMILES string of the molecule is CC(C)c1cc(N(c2ccc(C(C)(C)C)cc2)c2ccc3ccccc3c2)c2cc3c4c(cc(N(C5=CC=C(C(C)(C)C)CC5)c5ccc6ccccc6c5)c5ccc1c2c54)CCC3(C)C. The first-order valence-corrected chi connectivity index (χ1v) is 24.5. The van der Waals surface area contributed by atoms with Gasteiger partial charge in [0.15, 0.2) is 0 Å². The van der Waals surface area contributed by atoms with E-state index in [1.54, 1.807) is 0 Å². The van der Waals surface area contributed by atoms with Crippen LogP contribution in [0.3, 0.4) is 0 Å². The quantitative estimate of drug-likeness (QED) is 0.147. The molecule has 66 heavy (non-hydrogen) atoms. The lowest BCUT2D eigenvalue weighted by Crippen LogP contribution is -2.25. The topological polar surface area (TPSA) is 6.48 Å². The van der Waals surface area contributed by atoms with E-state index in [1.807, 2.05) is 0 Å². The third-order valence-electron chi connectivity index (χ3n) is 15.3. The van der Waals surface area contributed by atoms with E-state index in [1.165, 1.54) is 116 Å². The lowest BCUT2D eigenvalue weighted by molar-refractivity contribution is 0.475. The van der Waals surface area contributed by atoms with E-state index < -0.39 is 0 Å². The highest BCUT2D eigenvalue weighted by atomic mass is 15.2. The first-order valence-electron chi connectivity index (χ1n) is 24.5. The van der Waals surface area contributed by atoms with Crippen LogP contribution in [0.1, 0.15) is 117 Å². The lowest BCUT2D eigenvalue weighted by Gasteiger charge is -2.38. The predicted octanol–water partition coefficient (Wildman–Crippen LogP) is 18.8. The van der Waals surface area contributed by atoms with Crippen molar-refractivity contribution in [3.8, 4) is 0 Å². The Balaban J connectivity index is 1.25. The van der Waals surface area contributed by atoms with Crippen LogP contribution in [0.2, 0.25) is 0 Å². The van der Waals surface area contributed by atoms with E-state index >= 15 is 0 Å². The molecule has 2 nitrogen and oxygen atoms in total. The van der Waals surface area contributed by atoms with Crippen LogP contribution < -0.4 is 9.80 Å². The van der Waals surface area contributed by atoms with Crippen molar-refractivity contribution < 1.29 is 0 Å². The van der Waals surface area contributed by atoms with Crippen LogP contribution in [-0.4, -0.2) is 0 Å². The van der Waals surface area contributed by atoms with Crippen molar-refractivity contribution in [1.82, 2.24) is 0 Å². The minimum absolute atomic E-state index is 0.00446. The van der Waals surface area contributed by atoms with E-state index in [4.69, 9.17) is 0 Å². The van der Waals surface area contributed by atoms with Gasteiger partial charge >= 0.3 is 0 Å². The Bertz CT molecular complexity index is 3430. The number of anilines is 5. The van der Waals surface area contributed by atoms with Crippen LogP contribution in [0.15, 0.2) is 163 Å². The molecule has 0 amide bonds. The minimum Gasteiger partial charge on any atom is -0.314 e. The summed E-state index contributed by atoms with van der Waals surface area (Å²) in [5, 5.41) is 13.3. The highest BCUT2D eigenvalue weighted by molar-refractivity contribution is 6.30. The summed E-state index contributed by atoms with van der Waals surface area (Å²) >= 11 is 0. The van der Waals surface area contributed by atoms with Gasteiger partial charge in [0.2, 0.25) is 0 Å². The number of rotatable bonds is 7. The zero-order chi connectivity index (χ0) is 45.9. The first kappa shape index (κ1) is 42.3.